The van der Waals surface area contributed by atoms with Gasteiger partial charge in [0.15, 0.2) is 5.82 Å². The molecule has 0 fully saturated rings. The molecule has 0 aliphatic heterocycles. The van der Waals surface area contributed by atoms with Gasteiger partial charge in [0.1, 0.15) is 5.75 Å². The number of carbonyl (C=O) groups is 1. The van der Waals surface area contributed by atoms with Crippen molar-refractivity contribution in [2.45, 2.75) is 0 Å². The second-order valence-electron chi connectivity index (χ2n) is 4.65. The number of carbonyl (C=O) groups excluding carboxylic acids is 1. The summed E-state index contributed by atoms with van der Waals surface area (Å²) in [5.74, 6) is -0.118. The topological polar surface area (TPSA) is 78.0 Å². The van der Waals surface area contributed by atoms with Crippen LogP contribution in [0.1, 0.15) is 10.4 Å². The van der Waals surface area contributed by atoms with E-state index in [2.05, 4.69) is 31.4 Å². The van der Waals surface area contributed by atoms with Crippen LogP contribution in [-0.2, 0) is 0 Å². The van der Waals surface area contributed by atoms with Gasteiger partial charge < -0.3 is 10.4 Å². The maximum Gasteiger partial charge on any atom is 0.260 e. The average Bonchev–Trinajstić information content (AvgIpc) is 2.99. The summed E-state index contributed by atoms with van der Waals surface area (Å²) in [6.45, 7) is 0. The molecule has 0 radical (unpaired) electrons. The molecule has 3 N–H and O–H groups in total. The number of halogens is 1. The lowest BCUT2D eigenvalue weighted by Crippen LogP contribution is -2.12. The summed E-state index contributed by atoms with van der Waals surface area (Å²) in [6, 6.07) is 16.1. The molecule has 6 heteroatoms. The molecule has 0 aliphatic rings. The summed E-state index contributed by atoms with van der Waals surface area (Å²) in [7, 11) is 0. The highest BCUT2D eigenvalue weighted by molar-refractivity contribution is 9.10. The minimum Gasteiger partial charge on any atom is -0.507 e. The summed E-state index contributed by atoms with van der Waals surface area (Å²) >= 11 is 3.27. The number of benzene rings is 2. The van der Waals surface area contributed by atoms with Gasteiger partial charge in [-0.25, -0.2) is 0 Å². The van der Waals surface area contributed by atoms with Crippen LogP contribution in [-0.4, -0.2) is 21.2 Å². The third-order valence-electron chi connectivity index (χ3n) is 3.11. The first-order valence-electron chi connectivity index (χ1n) is 6.54. The van der Waals surface area contributed by atoms with Crippen molar-refractivity contribution in [1.29, 1.82) is 0 Å². The highest BCUT2D eigenvalue weighted by Gasteiger charge is 2.13. The molecule has 2 aromatic carbocycles. The Hall–Kier alpha value is -2.60. The largest absolute Gasteiger partial charge is 0.507 e. The van der Waals surface area contributed by atoms with Crippen molar-refractivity contribution < 1.29 is 9.90 Å². The van der Waals surface area contributed by atoms with E-state index in [0.29, 0.717) is 10.3 Å². The van der Waals surface area contributed by atoms with Crippen molar-refractivity contribution in [3.05, 3.63) is 64.6 Å². The fraction of sp³-hybridized carbons (Fsp3) is 0. The molecular weight excluding hydrogens is 346 g/mol. The van der Waals surface area contributed by atoms with Crippen LogP contribution in [0.5, 0.6) is 5.75 Å². The van der Waals surface area contributed by atoms with Gasteiger partial charge in [-0.15, -0.1) is 0 Å². The van der Waals surface area contributed by atoms with E-state index in [1.54, 1.807) is 18.2 Å². The number of phenols is 1. The smallest absolute Gasteiger partial charge is 0.260 e. The highest BCUT2D eigenvalue weighted by Crippen LogP contribution is 2.24. The number of aromatic nitrogens is 2. The SMILES string of the molecule is O=C(Nc1cc(-c2ccccc2)[nH]n1)c1cc(Br)ccc1O. The van der Waals surface area contributed by atoms with E-state index in [-0.39, 0.29) is 11.3 Å². The van der Waals surface area contributed by atoms with Gasteiger partial charge in [0.2, 0.25) is 0 Å². The molecule has 0 aliphatic carbocycles. The van der Waals surface area contributed by atoms with Crippen LogP contribution < -0.4 is 5.32 Å². The second kappa shape index (κ2) is 6.03. The van der Waals surface area contributed by atoms with E-state index >= 15 is 0 Å². The highest BCUT2D eigenvalue weighted by atomic mass is 79.9. The van der Waals surface area contributed by atoms with Gasteiger partial charge in [0, 0.05) is 10.5 Å². The van der Waals surface area contributed by atoms with E-state index in [1.165, 1.54) is 6.07 Å². The summed E-state index contributed by atoms with van der Waals surface area (Å²) in [5, 5.41) is 19.3. The fourth-order valence-electron chi connectivity index (χ4n) is 2.03. The number of nitrogens with zero attached hydrogens (tertiary/aromatic N) is 1. The minimum absolute atomic E-state index is 0.0838. The zero-order valence-electron chi connectivity index (χ0n) is 11.4. The molecule has 1 heterocycles. The van der Waals surface area contributed by atoms with Crippen LogP contribution in [0, 0.1) is 0 Å². The number of amides is 1. The first-order valence-corrected chi connectivity index (χ1v) is 7.33. The van der Waals surface area contributed by atoms with E-state index in [0.717, 1.165) is 11.3 Å². The Morgan fingerprint density at radius 1 is 1.14 bits per heavy atom. The predicted molar refractivity (Wildman–Crippen MR) is 87.8 cm³/mol. The monoisotopic (exact) mass is 357 g/mol. The Kier molecular flexibility index (Phi) is 3.93. The van der Waals surface area contributed by atoms with Crippen LogP contribution in [0.4, 0.5) is 5.82 Å². The maximum atomic E-state index is 12.2. The Balaban J connectivity index is 1.81. The number of nitrogens with one attached hydrogen (secondary N) is 2. The number of rotatable bonds is 3. The summed E-state index contributed by atoms with van der Waals surface area (Å²) in [5.41, 5.74) is 1.95. The summed E-state index contributed by atoms with van der Waals surface area (Å²) in [6.07, 6.45) is 0. The quantitative estimate of drug-likeness (QED) is 0.667. The van der Waals surface area contributed by atoms with Crippen molar-refractivity contribution in [1.82, 2.24) is 10.2 Å². The molecule has 0 unspecified atom stereocenters. The minimum atomic E-state index is -0.426. The first kappa shape index (κ1) is 14.3. The van der Waals surface area contributed by atoms with Gasteiger partial charge in [0.05, 0.1) is 11.3 Å². The Morgan fingerprint density at radius 2 is 1.91 bits per heavy atom. The normalized spacial score (nSPS) is 10.4. The Bertz CT molecular complexity index is 815. The second-order valence-corrected chi connectivity index (χ2v) is 5.56. The molecule has 1 amide bonds. The van der Waals surface area contributed by atoms with E-state index in [9.17, 15) is 9.90 Å². The molecule has 5 nitrogen and oxygen atoms in total. The van der Waals surface area contributed by atoms with Crippen LogP contribution in [0.25, 0.3) is 11.3 Å². The van der Waals surface area contributed by atoms with Crippen LogP contribution >= 0.6 is 15.9 Å². The molecule has 3 rings (SSSR count). The average molecular weight is 358 g/mol. The van der Waals surface area contributed by atoms with Gasteiger partial charge >= 0.3 is 0 Å². The van der Waals surface area contributed by atoms with Crippen LogP contribution in [0.15, 0.2) is 59.1 Å². The van der Waals surface area contributed by atoms with Crippen molar-refractivity contribution in [2.75, 3.05) is 5.32 Å². The van der Waals surface area contributed by atoms with Gasteiger partial charge in [0.25, 0.3) is 5.91 Å². The number of aromatic amines is 1. The summed E-state index contributed by atoms with van der Waals surface area (Å²) in [4.78, 5) is 12.2. The standard InChI is InChI=1S/C16H12BrN3O2/c17-11-6-7-14(21)12(8-11)16(22)18-15-9-13(19-20-15)10-4-2-1-3-5-10/h1-9,21H,(H2,18,19,20,22). The zero-order chi connectivity index (χ0) is 15.5. The van der Waals surface area contributed by atoms with E-state index in [1.807, 2.05) is 30.3 Å². The van der Waals surface area contributed by atoms with Crippen LogP contribution in [0.2, 0.25) is 0 Å². The first-order chi connectivity index (χ1) is 10.6. The Labute approximate surface area is 135 Å². The molecule has 110 valence electrons. The lowest BCUT2D eigenvalue weighted by molar-refractivity contribution is 0.102. The van der Waals surface area contributed by atoms with Crippen molar-refractivity contribution in [3.63, 3.8) is 0 Å². The van der Waals surface area contributed by atoms with Gasteiger partial charge in [-0.2, -0.15) is 5.10 Å². The van der Waals surface area contributed by atoms with Crippen molar-refractivity contribution in [3.8, 4) is 17.0 Å². The zero-order valence-corrected chi connectivity index (χ0v) is 13.0. The third kappa shape index (κ3) is 3.01. The van der Waals surface area contributed by atoms with Crippen LogP contribution in [0.3, 0.4) is 0 Å². The number of hydrogen-bond donors (Lipinski definition) is 3. The molecule has 0 spiro atoms. The lowest BCUT2D eigenvalue weighted by atomic mass is 10.1. The maximum absolute atomic E-state index is 12.2. The third-order valence-corrected chi connectivity index (χ3v) is 3.60. The van der Waals surface area contributed by atoms with E-state index in [4.69, 9.17) is 0 Å². The van der Waals surface area contributed by atoms with Gasteiger partial charge in [-0.05, 0) is 23.8 Å². The van der Waals surface area contributed by atoms with Gasteiger partial charge in [-0.1, -0.05) is 46.3 Å². The Morgan fingerprint density at radius 3 is 2.68 bits per heavy atom. The molecule has 0 saturated carbocycles. The lowest BCUT2D eigenvalue weighted by Gasteiger charge is -2.04. The molecular formula is C16H12BrN3O2. The fourth-order valence-corrected chi connectivity index (χ4v) is 2.39. The van der Waals surface area contributed by atoms with Crippen molar-refractivity contribution in [2.24, 2.45) is 0 Å². The number of anilines is 1. The van der Waals surface area contributed by atoms with E-state index < -0.39 is 5.91 Å². The number of aromatic hydroxyl groups is 1. The molecule has 0 saturated heterocycles. The predicted octanol–water partition coefficient (Wildman–Crippen LogP) is 3.80. The number of H-pyrrole nitrogens is 1. The number of hydrogen-bond acceptors (Lipinski definition) is 3. The molecule has 0 bridgehead atoms. The van der Waals surface area contributed by atoms with Crippen molar-refractivity contribution >= 4 is 27.7 Å². The number of phenolic OH excluding ortho intramolecular Hbond substituents is 1. The summed E-state index contributed by atoms with van der Waals surface area (Å²) < 4.78 is 0.711. The molecule has 3 aromatic rings. The molecule has 1 aromatic heterocycles. The molecule has 0 atom stereocenters. The van der Waals surface area contributed by atoms with Gasteiger partial charge in [-0.3, -0.25) is 9.89 Å². The molecule has 22 heavy (non-hydrogen) atoms.